The SMILES string of the molecule is CCCCCCCCCCCCc1c(OS(=O)(=O)O)cccc1N(C)C. The van der Waals surface area contributed by atoms with E-state index in [0.29, 0.717) is 0 Å². The lowest BCUT2D eigenvalue weighted by atomic mass is 10.0. The van der Waals surface area contributed by atoms with Crippen molar-refractivity contribution in [1.82, 2.24) is 0 Å². The zero-order valence-corrected chi connectivity index (χ0v) is 17.4. The molecule has 0 saturated heterocycles. The Kier molecular flexibility index (Phi) is 10.7. The van der Waals surface area contributed by atoms with Gasteiger partial charge in [-0.15, -0.1) is 0 Å². The van der Waals surface area contributed by atoms with E-state index in [-0.39, 0.29) is 5.75 Å². The highest BCUT2D eigenvalue weighted by Gasteiger charge is 2.15. The average molecular weight is 386 g/mol. The molecular formula is C20H35NO4S. The molecule has 1 aromatic rings. The molecule has 1 rings (SSSR count). The van der Waals surface area contributed by atoms with Crippen molar-refractivity contribution in [1.29, 1.82) is 0 Å². The highest BCUT2D eigenvalue weighted by atomic mass is 32.3. The second-order valence-corrected chi connectivity index (χ2v) is 8.11. The van der Waals surface area contributed by atoms with Crippen LogP contribution in [0.25, 0.3) is 0 Å². The molecule has 0 atom stereocenters. The first kappa shape index (κ1) is 22.8. The summed E-state index contributed by atoms with van der Waals surface area (Å²) >= 11 is 0. The van der Waals surface area contributed by atoms with Gasteiger partial charge in [-0.1, -0.05) is 70.8 Å². The number of rotatable bonds is 14. The maximum absolute atomic E-state index is 11.1. The van der Waals surface area contributed by atoms with Crippen LogP contribution in [0.4, 0.5) is 5.69 Å². The molecule has 0 aliphatic carbocycles. The van der Waals surface area contributed by atoms with Crippen molar-refractivity contribution < 1.29 is 17.2 Å². The standard InChI is InChI=1S/C20H35NO4S/c1-4-5-6-7-8-9-10-11-12-13-15-18-19(21(2)3)16-14-17-20(18)25-26(22,23)24/h14,16-17H,4-13,15H2,1-3H3,(H,22,23,24). The third-order valence-electron chi connectivity index (χ3n) is 4.57. The van der Waals surface area contributed by atoms with Crippen molar-refractivity contribution >= 4 is 16.1 Å². The third-order valence-corrected chi connectivity index (χ3v) is 4.96. The molecule has 0 spiro atoms. The van der Waals surface area contributed by atoms with Gasteiger partial charge in [0.15, 0.2) is 0 Å². The van der Waals surface area contributed by atoms with Crippen LogP contribution in [0.5, 0.6) is 5.75 Å². The van der Waals surface area contributed by atoms with Gasteiger partial charge >= 0.3 is 10.4 Å². The minimum atomic E-state index is -4.51. The van der Waals surface area contributed by atoms with Gasteiger partial charge in [-0.25, -0.2) is 0 Å². The molecule has 0 unspecified atom stereocenters. The van der Waals surface area contributed by atoms with Gasteiger partial charge in [-0.3, -0.25) is 4.55 Å². The lowest BCUT2D eigenvalue weighted by Gasteiger charge is -2.19. The van der Waals surface area contributed by atoms with E-state index in [1.165, 1.54) is 51.4 Å². The highest BCUT2D eigenvalue weighted by molar-refractivity contribution is 7.81. The molecule has 0 radical (unpaired) electrons. The van der Waals surface area contributed by atoms with E-state index in [1.54, 1.807) is 12.1 Å². The molecular weight excluding hydrogens is 350 g/mol. The van der Waals surface area contributed by atoms with E-state index in [2.05, 4.69) is 6.92 Å². The Morgan fingerprint density at radius 2 is 1.46 bits per heavy atom. The number of benzene rings is 1. The fraction of sp³-hybridized carbons (Fsp3) is 0.700. The maximum atomic E-state index is 11.1. The van der Waals surface area contributed by atoms with Gasteiger partial charge in [-0.05, 0) is 25.0 Å². The summed E-state index contributed by atoms with van der Waals surface area (Å²) in [5, 5.41) is 0. The van der Waals surface area contributed by atoms with Crippen molar-refractivity contribution in [3.05, 3.63) is 23.8 Å². The predicted octanol–water partition coefficient (Wildman–Crippen LogP) is 5.40. The molecule has 0 heterocycles. The molecule has 150 valence electrons. The van der Waals surface area contributed by atoms with Gasteiger partial charge in [0.25, 0.3) is 0 Å². The van der Waals surface area contributed by atoms with E-state index in [1.807, 2.05) is 25.1 Å². The lowest BCUT2D eigenvalue weighted by Crippen LogP contribution is -2.14. The van der Waals surface area contributed by atoms with Crippen LogP contribution in [0, 0.1) is 0 Å². The van der Waals surface area contributed by atoms with Crippen LogP contribution >= 0.6 is 0 Å². The summed E-state index contributed by atoms with van der Waals surface area (Å²) in [7, 11) is -0.690. The summed E-state index contributed by atoms with van der Waals surface area (Å²) in [5.74, 6) is 0.217. The van der Waals surface area contributed by atoms with Gasteiger partial charge in [-0.2, -0.15) is 8.42 Å². The normalized spacial score (nSPS) is 11.5. The monoisotopic (exact) mass is 385 g/mol. The Bertz CT molecular complexity index is 614. The smallest absolute Gasteiger partial charge is 0.377 e. The second-order valence-electron chi connectivity index (χ2n) is 7.09. The predicted molar refractivity (Wildman–Crippen MR) is 108 cm³/mol. The largest absolute Gasteiger partial charge is 0.446 e. The van der Waals surface area contributed by atoms with Crippen LogP contribution in [0.3, 0.4) is 0 Å². The van der Waals surface area contributed by atoms with E-state index < -0.39 is 10.4 Å². The minimum Gasteiger partial charge on any atom is -0.377 e. The van der Waals surface area contributed by atoms with Gasteiger partial charge in [0.2, 0.25) is 0 Å². The Hall–Kier alpha value is -1.27. The van der Waals surface area contributed by atoms with Crippen molar-refractivity contribution in [2.75, 3.05) is 19.0 Å². The van der Waals surface area contributed by atoms with Crippen LogP contribution in [0.1, 0.15) is 76.7 Å². The summed E-state index contributed by atoms with van der Waals surface area (Å²) in [6, 6.07) is 5.26. The number of unbranched alkanes of at least 4 members (excludes halogenated alkanes) is 9. The molecule has 5 nitrogen and oxygen atoms in total. The molecule has 0 saturated carbocycles. The first-order chi connectivity index (χ1) is 12.3. The van der Waals surface area contributed by atoms with E-state index in [0.717, 1.165) is 30.5 Å². The Labute approximate surface area is 159 Å². The fourth-order valence-electron chi connectivity index (χ4n) is 3.21. The maximum Gasteiger partial charge on any atom is 0.446 e. The summed E-state index contributed by atoms with van der Waals surface area (Å²) in [5.41, 5.74) is 1.75. The Morgan fingerprint density at radius 1 is 0.923 bits per heavy atom. The van der Waals surface area contributed by atoms with Crippen LogP contribution in [-0.4, -0.2) is 27.1 Å². The molecule has 0 fully saturated rings. The van der Waals surface area contributed by atoms with E-state index in [9.17, 15) is 8.42 Å². The third kappa shape index (κ3) is 9.43. The van der Waals surface area contributed by atoms with Gasteiger partial charge in [0.05, 0.1) is 0 Å². The lowest BCUT2D eigenvalue weighted by molar-refractivity contribution is 0.385. The minimum absolute atomic E-state index is 0.217. The van der Waals surface area contributed by atoms with Gasteiger partial charge in [0.1, 0.15) is 5.75 Å². The van der Waals surface area contributed by atoms with Crippen molar-refractivity contribution in [3.8, 4) is 5.75 Å². The average Bonchev–Trinajstić information content (AvgIpc) is 2.56. The summed E-state index contributed by atoms with van der Waals surface area (Å²) in [6.07, 6.45) is 13.2. The topological polar surface area (TPSA) is 66.8 Å². The quantitative estimate of drug-likeness (QED) is 0.343. The zero-order chi connectivity index (χ0) is 19.4. The van der Waals surface area contributed by atoms with Gasteiger partial charge in [0, 0.05) is 25.3 Å². The molecule has 26 heavy (non-hydrogen) atoms. The number of nitrogens with zero attached hydrogens (tertiary/aromatic N) is 1. The van der Waals surface area contributed by atoms with Crippen molar-refractivity contribution in [2.24, 2.45) is 0 Å². The highest BCUT2D eigenvalue weighted by Crippen LogP contribution is 2.31. The first-order valence-corrected chi connectivity index (χ1v) is 11.2. The van der Waals surface area contributed by atoms with Crippen LogP contribution in [0.15, 0.2) is 18.2 Å². The first-order valence-electron chi connectivity index (χ1n) is 9.81. The van der Waals surface area contributed by atoms with Crippen LogP contribution in [-0.2, 0) is 16.8 Å². The zero-order valence-electron chi connectivity index (χ0n) is 16.5. The second kappa shape index (κ2) is 12.2. The summed E-state index contributed by atoms with van der Waals surface area (Å²) in [6.45, 7) is 2.24. The van der Waals surface area contributed by atoms with E-state index in [4.69, 9.17) is 8.74 Å². The number of hydrogen-bond donors (Lipinski definition) is 1. The molecule has 0 bridgehead atoms. The van der Waals surface area contributed by atoms with E-state index >= 15 is 0 Å². The van der Waals surface area contributed by atoms with Crippen molar-refractivity contribution in [3.63, 3.8) is 0 Å². The van der Waals surface area contributed by atoms with Crippen molar-refractivity contribution in [2.45, 2.75) is 77.6 Å². The van der Waals surface area contributed by atoms with Crippen LogP contribution < -0.4 is 9.08 Å². The van der Waals surface area contributed by atoms with Gasteiger partial charge < -0.3 is 9.08 Å². The molecule has 0 aliphatic rings. The Morgan fingerprint density at radius 3 is 1.96 bits per heavy atom. The molecule has 0 aromatic heterocycles. The summed E-state index contributed by atoms with van der Waals surface area (Å²) < 4.78 is 36.0. The number of hydrogen-bond acceptors (Lipinski definition) is 4. The number of anilines is 1. The van der Waals surface area contributed by atoms with Crippen LogP contribution in [0.2, 0.25) is 0 Å². The molecule has 1 N–H and O–H groups in total. The molecule has 1 aromatic carbocycles. The summed E-state index contributed by atoms with van der Waals surface area (Å²) in [4.78, 5) is 1.93. The molecule has 0 aliphatic heterocycles. The fourth-order valence-corrected chi connectivity index (χ4v) is 3.59. The molecule has 0 amide bonds. The Balaban J connectivity index is 2.45. The molecule has 6 heteroatoms.